The summed E-state index contributed by atoms with van der Waals surface area (Å²) >= 11 is 0. The van der Waals surface area contributed by atoms with Crippen molar-refractivity contribution >= 4 is 5.69 Å². The summed E-state index contributed by atoms with van der Waals surface area (Å²) in [6.45, 7) is 4.26. The highest BCUT2D eigenvalue weighted by molar-refractivity contribution is 5.77. The second-order valence-electron chi connectivity index (χ2n) is 7.47. The van der Waals surface area contributed by atoms with Crippen LogP contribution in [0.1, 0.15) is 30.4 Å². The smallest absolute Gasteiger partial charge is 0.253 e. The number of nitrogens with zero attached hydrogens (tertiary/aromatic N) is 1. The largest absolute Gasteiger partial charge is 0.493 e. The van der Waals surface area contributed by atoms with Crippen LogP contribution in [-0.4, -0.2) is 38.0 Å². The lowest BCUT2D eigenvalue weighted by Crippen LogP contribution is -2.30. The van der Waals surface area contributed by atoms with E-state index in [2.05, 4.69) is 12.2 Å². The molecule has 28 heavy (non-hydrogen) atoms. The SMILES string of the molecule is COc1ccc2c(c1OC)CCn1c-2c(C)c(NCC2CCCCO2)cc1=O. The van der Waals surface area contributed by atoms with Crippen LogP contribution >= 0.6 is 0 Å². The number of methoxy groups -OCH3 is 2. The molecule has 2 aliphatic rings. The Morgan fingerprint density at radius 2 is 2.11 bits per heavy atom. The number of rotatable bonds is 5. The number of hydrogen-bond donors (Lipinski definition) is 1. The van der Waals surface area contributed by atoms with E-state index in [0.29, 0.717) is 6.54 Å². The van der Waals surface area contributed by atoms with Crippen LogP contribution in [0, 0.1) is 6.92 Å². The second-order valence-corrected chi connectivity index (χ2v) is 7.47. The van der Waals surface area contributed by atoms with Gasteiger partial charge in [-0.1, -0.05) is 0 Å². The van der Waals surface area contributed by atoms with Crippen LogP contribution in [0.25, 0.3) is 11.3 Å². The van der Waals surface area contributed by atoms with Crippen LogP contribution in [-0.2, 0) is 17.7 Å². The molecule has 6 heteroatoms. The van der Waals surface area contributed by atoms with Gasteiger partial charge in [-0.15, -0.1) is 0 Å². The molecule has 1 atom stereocenters. The number of fused-ring (bicyclic) bond motifs is 3. The molecule has 3 heterocycles. The molecule has 1 aromatic heterocycles. The summed E-state index contributed by atoms with van der Waals surface area (Å²) in [5.41, 5.74) is 5.07. The van der Waals surface area contributed by atoms with Gasteiger partial charge in [0, 0.05) is 42.6 Å². The Balaban J connectivity index is 1.74. The van der Waals surface area contributed by atoms with E-state index in [1.54, 1.807) is 20.3 Å². The standard InChI is InChI=1S/C22H28N2O4/c1-14-18(23-13-15-6-4-5-11-28-15)12-20(25)24-10-9-17-16(21(14)24)7-8-19(26-2)22(17)27-3/h7-8,12,15,23H,4-6,9-11,13H2,1-3H3. The van der Waals surface area contributed by atoms with Gasteiger partial charge in [0.2, 0.25) is 0 Å². The molecule has 6 nitrogen and oxygen atoms in total. The molecule has 0 radical (unpaired) electrons. The summed E-state index contributed by atoms with van der Waals surface area (Å²) in [4.78, 5) is 12.8. The fourth-order valence-electron chi connectivity index (χ4n) is 4.38. The average molecular weight is 384 g/mol. The number of pyridine rings is 1. The van der Waals surface area contributed by atoms with E-state index in [0.717, 1.165) is 72.0 Å². The first-order chi connectivity index (χ1) is 13.6. The van der Waals surface area contributed by atoms with Gasteiger partial charge in [-0.05, 0) is 50.3 Å². The van der Waals surface area contributed by atoms with Gasteiger partial charge in [0.25, 0.3) is 5.56 Å². The van der Waals surface area contributed by atoms with Crippen LogP contribution in [0.3, 0.4) is 0 Å². The lowest BCUT2D eigenvalue weighted by molar-refractivity contribution is 0.0247. The molecule has 1 unspecified atom stereocenters. The topological polar surface area (TPSA) is 61.7 Å². The van der Waals surface area contributed by atoms with Gasteiger partial charge in [0.15, 0.2) is 11.5 Å². The van der Waals surface area contributed by atoms with Crippen molar-refractivity contribution in [2.24, 2.45) is 0 Å². The molecule has 1 fully saturated rings. The highest BCUT2D eigenvalue weighted by Gasteiger charge is 2.25. The number of aromatic nitrogens is 1. The Kier molecular flexibility index (Phi) is 5.31. The van der Waals surface area contributed by atoms with Crippen LogP contribution in [0.15, 0.2) is 23.0 Å². The van der Waals surface area contributed by atoms with Crippen molar-refractivity contribution in [1.29, 1.82) is 0 Å². The third kappa shape index (κ3) is 3.26. The summed E-state index contributed by atoms with van der Waals surface area (Å²) in [7, 11) is 3.31. The van der Waals surface area contributed by atoms with Crippen molar-refractivity contribution in [1.82, 2.24) is 4.57 Å². The van der Waals surface area contributed by atoms with Crippen LogP contribution in [0.4, 0.5) is 5.69 Å². The van der Waals surface area contributed by atoms with E-state index in [9.17, 15) is 4.79 Å². The average Bonchev–Trinajstić information content (AvgIpc) is 2.74. The van der Waals surface area contributed by atoms with Gasteiger partial charge >= 0.3 is 0 Å². The van der Waals surface area contributed by atoms with E-state index in [-0.39, 0.29) is 11.7 Å². The monoisotopic (exact) mass is 384 g/mol. The Labute approximate surface area is 165 Å². The highest BCUT2D eigenvalue weighted by Crippen LogP contribution is 2.42. The Bertz CT molecular complexity index is 929. The Hall–Kier alpha value is -2.47. The lowest BCUT2D eigenvalue weighted by Gasteiger charge is -2.28. The Morgan fingerprint density at radius 3 is 2.82 bits per heavy atom. The molecular weight excluding hydrogens is 356 g/mol. The molecule has 0 bridgehead atoms. The predicted molar refractivity (Wildman–Crippen MR) is 110 cm³/mol. The first kappa shape index (κ1) is 18.9. The zero-order valence-corrected chi connectivity index (χ0v) is 16.8. The van der Waals surface area contributed by atoms with Crippen LogP contribution in [0.5, 0.6) is 11.5 Å². The maximum absolute atomic E-state index is 12.8. The van der Waals surface area contributed by atoms with Crippen LogP contribution < -0.4 is 20.3 Å². The quantitative estimate of drug-likeness (QED) is 0.856. The number of ether oxygens (including phenoxy) is 3. The minimum absolute atomic E-state index is 0.0214. The molecular formula is C22H28N2O4. The summed E-state index contributed by atoms with van der Waals surface area (Å²) in [6.07, 6.45) is 4.36. The van der Waals surface area contributed by atoms with Crippen molar-refractivity contribution in [2.45, 2.75) is 45.3 Å². The Morgan fingerprint density at radius 1 is 1.25 bits per heavy atom. The minimum atomic E-state index is 0.0214. The maximum atomic E-state index is 12.8. The molecule has 2 aliphatic heterocycles. The fraction of sp³-hybridized carbons (Fsp3) is 0.500. The van der Waals surface area contributed by atoms with E-state index in [1.807, 2.05) is 16.7 Å². The van der Waals surface area contributed by atoms with Gasteiger partial charge in [0.05, 0.1) is 26.0 Å². The molecule has 1 aromatic carbocycles. The number of benzene rings is 1. The van der Waals surface area contributed by atoms with Gasteiger partial charge < -0.3 is 24.1 Å². The number of anilines is 1. The maximum Gasteiger partial charge on any atom is 0.253 e. The van der Waals surface area contributed by atoms with Gasteiger partial charge in [-0.25, -0.2) is 0 Å². The van der Waals surface area contributed by atoms with Gasteiger partial charge in [0.1, 0.15) is 0 Å². The van der Waals surface area contributed by atoms with Gasteiger partial charge in [-0.2, -0.15) is 0 Å². The number of nitrogens with one attached hydrogen (secondary N) is 1. The lowest BCUT2D eigenvalue weighted by atomic mass is 9.93. The number of hydrogen-bond acceptors (Lipinski definition) is 5. The van der Waals surface area contributed by atoms with E-state index < -0.39 is 0 Å². The second kappa shape index (κ2) is 7.87. The zero-order chi connectivity index (χ0) is 19.7. The van der Waals surface area contributed by atoms with Gasteiger partial charge in [-0.3, -0.25) is 4.79 Å². The minimum Gasteiger partial charge on any atom is -0.493 e. The molecule has 1 N–H and O–H groups in total. The van der Waals surface area contributed by atoms with Crippen molar-refractivity contribution in [3.05, 3.63) is 39.7 Å². The molecule has 0 saturated carbocycles. The first-order valence-corrected chi connectivity index (χ1v) is 9.98. The highest BCUT2D eigenvalue weighted by atomic mass is 16.5. The normalized spacial score (nSPS) is 18.2. The first-order valence-electron chi connectivity index (χ1n) is 9.98. The summed E-state index contributed by atoms with van der Waals surface area (Å²) in [5.74, 6) is 1.48. The third-order valence-electron chi connectivity index (χ3n) is 5.85. The van der Waals surface area contributed by atoms with E-state index in [4.69, 9.17) is 14.2 Å². The predicted octanol–water partition coefficient (Wildman–Crippen LogP) is 3.38. The van der Waals surface area contributed by atoms with Crippen molar-refractivity contribution in [3.63, 3.8) is 0 Å². The molecule has 0 amide bonds. The molecule has 0 aliphatic carbocycles. The van der Waals surface area contributed by atoms with Crippen LogP contribution in [0.2, 0.25) is 0 Å². The molecule has 4 rings (SSSR count). The van der Waals surface area contributed by atoms with Crippen molar-refractivity contribution < 1.29 is 14.2 Å². The fourth-order valence-corrected chi connectivity index (χ4v) is 4.38. The van der Waals surface area contributed by atoms with Crippen molar-refractivity contribution in [2.75, 3.05) is 32.7 Å². The van der Waals surface area contributed by atoms with Crippen molar-refractivity contribution in [3.8, 4) is 22.8 Å². The zero-order valence-electron chi connectivity index (χ0n) is 16.8. The summed E-state index contributed by atoms with van der Waals surface area (Å²) < 4.78 is 18.8. The molecule has 1 saturated heterocycles. The van der Waals surface area contributed by atoms with E-state index >= 15 is 0 Å². The summed E-state index contributed by atoms with van der Waals surface area (Å²) in [6, 6.07) is 5.66. The third-order valence-corrected chi connectivity index (χ3v) is 5.85. The van der Waals surface area contributed by atoms with E-state index in [1.165, 1.54) is 6.42 Å². The molecule has 150 valence electrons. The molecule has 0 spiro atoms. The molecule has 2 aromatic rings. The summed E-state index contributed by atoms with van der Waals surface area (Å²) in [5, 5.41) is 3.46.